The van der Waals surface area contributed by atoms with E-state index in [-0.39, 0.29) is 5.91 Å². The average Bonchev–Trinajstić information content (AvgIpc) is 2.52. The smallest absolute Gasteiger partial charge is 0.251 e. The molecule has 2 rings (SSSR count). The van der Waals surface area contributed by atoms with E-state index in [1.165, 1.54) is 0 Å². The summed E-state index contributed by atoms with van der Waals surface area (Å²) in [6, 6.07) is 7.54. The van der Waals surface area contributed by atoms with Crippen LogP contribution in [-0.2, 0) is 0 Å². The van der Waals surface area contributed by atoms with E-state index in [1.54, 1.807) is 0 Å². The highest BCUT2D eigenvalue weighted by atomic mass is 32.2. The normalized spacial score (nSPS) is 15.9. The van der Waals surface area contributed by atoms with Crippen molar-refractivity contribution >= 4 is 23.6 Å². The largest absolute Gasteiger partial charge is 0.370 e. The molecule has 0 aliphatic carbocycles. The summed E-state index contributed by atoms with van der Waals surface area (Å²) in [5.74, 6) is 2.71. The lowest BCUT2D eigenvalue weighted by molar-refractivity contribution is 0.0954. The first-order chi connectivity index (χ1) is 10.2. The van der Waals surface area contributed by atoms with Gasteiger partial charge in [0.05, 0.1) is 6.54 Å². The summed E-state index contributed by atoms with van der Waals surface area (Å²) in [5.41, 5.74) is 7.71. The molecular formula is C15H22N4OS. The Balaban J connectivity index is 1.74. The van der Waals surface area contributed by atoms with Crippen LogP contribution in [0.4, 0.5) is 0 Å². The zero-order valence-electron chi connectivity index (χ0n) is 12.3. The number of guanidine groups is 1. The molecule has 6 heteroatoms. The van der Waals surface area contributed by atoms with Gasteiger partial charge in [-0.3, -0.25) is 9.79 Å². The van der Waals surface area contributed by atoms with Crippen LogP contribution < -0.4 is 11.1 Å². The van der Waals surface area contributed by atoms with Crippen molar-refractivity contribution in [2.24, 2.45) is 10.7 Å². The second-order valence-electron chi connectivity index (χ2n) is 4.96. The van der Waals surface area contributed by atoms with Crippen LogP contribution in [0.25, 0.3) is 0 Å². The SMILES string of the molecule is Cc1cccc(C(=O)NCCN=C(N)N2CCSCC2)c1. The van der Waals surface area contributed by atoms with Crippen LogP contribution in [0.2, 0.25) is 0 Å². The lowest BCUT2D eigenvalue weighted by Gasteiger charge is -2.27. The maximum Gasteiger partial charge on any atom is 0.251 e. The molecule has 1 aliphatic rings. The second-order valence-corrected chi connectivity index (χ2v) is 6.19. The van der Waals surface area contributed by atoms with Gasteiger partial charge in [-0.15, -0.1) is 0 Å². The zero-order chi connectivity index (χ0) is 15.1. The van der Waals surface area contributed by atoms with Gasteiger partial charge in [-0.25, -0.2) is 0 Å². The van der Waals surface area contributed by atoms with E-state index in [9.17, 15) is 4.79 Å². The third kappa shape index (κ3) is 4.97. The predicted molar refractivity (Wildman–Crippen MR) is 88.9 cm³/mol. The maximum atomic E-state index is 11.9. The molecule has 114 valence electrons. The molecule has 5 nitrogen and oxygen atoms in total. The van der Waals surface area contributed by atoms with Crippen molar-refractivity contribution in [3.8, 4) is 0 Å². The molecule has 0 saturated carbocycles. The first-order valence-electron chi connectivity index (χ1n) is 7.14. The molecule has 1 aromatic rings. The van der Waals surface area contributed by atoms with Crippen molar-refractivity contribution in [1.29, 1.82) is 0 Å². The molecule has 0 bridgehead atoms. The predicted octanol–water partition coefficient (Wildman–Crippen LogP) is 1.09. The fourth-order valence-corrected chi connectivity index (χ4v) is 3.02. The van der Waals surface area contributed by atoms with Gasteiger partial charge in [0.2, 0.25) is 0 Å². The minimum Gasteiger partial charge on any atom is -0.370 e. The Morgan fingerprint density at radius 3 is 2.90 bits per heavy atom. The molecule has 1 aliphatic heterocycles. The molecule has 1 heterocycles. The topological polar surface area (TPSA) is 70.7 Å². The van der Waals surface area contributed by atoms with E-state index in [0.29, 0.717) is 24.6 Å². The van der Waals surface area contributed by atoms with E-state index in [1.807, 2.05) is 43.0 Å². The molecule has 1 saturated heterocycles. The Hall–Kier alpha value is -1.69. The molecule has 1 amide bonds. The number of aliphatic imine (C=N–C) groups is 1. The number of aryl methyl sites for hydroxylation is 1. The Kier molecular flexibility index (Phi) is 5.92. The monoisotopic (exact) mass is 306 g/mol. The number of carbonyl (C=O) groups is 1. The molecule has 21 heavy (non-hydrogen) atoms. The quantitative estimate of drug-likeness (QED) is 0.496. The van der Waals surface area contributed by atoms with E-state index in [0.717, 1.165) is 30.2 Å². The summed E-state index contributed by atoms with van der Waals surface area (Å²) in [7, 11) is 0. The van der Waals surface area contributed by atoms with E-state index in [4.69, 9.17) is 5.73 Å². The van der Waals surface area contributed by atoms with Crippen LogP contribution >= 0.6 is 11.8 Å². The molecule has 0 spiro atoms. The van der Waals surface area contributed by atoms with Gasteiger partial charge in [0.15, 0.2) is 5.96 Å². The van der Waals surface area contributed by atoms with Gasteiger partial charge in [-0.05, 0) is 19.1 Å². The van der Waals surface area contributed by atoms with Crippen LogP contribution in [0.5, 0.6) is 0 Å². The van der Waals surface area contributed by atoms with Crippen molar-refractivity contribution in [1.82, 2.24) is 10.2 Å². The molecule has 0 unspecified atom stereocenters. The van der Waals surface area contributed by atoms with Crippen LogP contribution in [-0.4, -0.2) is 54.5 Å². The van der Waals surface area contributed by atoms with Crippen molar-refractivity contribution < 1.29 is 4.79 Å². The number of hydrogen-bond donors (Lipinski definition) is 2. The van der Waals surface area contributed by atoms with E-state index in [2.05, 4.69) is 15.2 Å². The molecule has 3 N–H and O–H groups in total. The molecule has 1 fully saturated rings. The van der Waals surface area contributed by atoms with Crippen molar-refractivity contribution in [3.63, 3.8) is 0 Å². The average molecular weight is 306 g/mol. The summed E-state index contributed by atoms with van der Waals surface area (Å²) < 4.78 is 0. The minimum absolute atomic E-state index is 0.0677. The number of hydrogen-bond acceptors (Lipinski definition) is 3. The van der Waals surface area contributed by atoms with Crippen molar-refractivity contribution in [3.05, 3.63) is 35.4 Å². The highest BCUT2D eigenvalue weighted by Crippen LogP contribution is 2.08. The van der Waals surface area contributed by atoms with Gasteiger partial charge in [0.25, 0.3) is 5.91 Å². The fraction of sp³-hybridized carbons (Fsp3) is 0.467. The van der Waals surface area contributed by atoms with Crippen LogP contribution in [0.3, 0.4) is 0 Å². The van der Waals surface area contributed by atoms with Gasteiger partial charge in [-0.2, -0.15) is 11.8 Å². The molecule has 1 aromatic carbocycles. The standard InChI is InChI=1S/C15H22N4OS/c1-12-3-2-4-13(11-12)14(20)17-5-6-18-15(16)19-7-9-21-10-8-19/h2-4,11H,5-10H2,1H3,(H2,16,18)(H,17,20). The molecule has 0 aromatic heterocycles. The first kappa shape index (κ1) is 15.7. The summed E-state index contributed by atoms with van der Waals surface area (Å²) >= 11 is 1.94. The van der Waals surface area contributed by atoms with Gasteiger partial charge in [0, 0.05) is 36.7 Å². The number of thioether (sulfide) groups is 1. The number of carbonyl (C=O) groups excluding carboxylic acids is 1. The highest BCUT2D eigenvalue weighted by molar-refractivity contribution is 7.99. The number of nitrogens with zero attached hydrogens (tertiary/aromatic N) is 2. The Morgan fingerprint density at radius 1 is 1.43 bits per heavy atom. The summed E-state index contributed by atoms with van der Waals surface area (Å²) in [6.07, 6.45) is 0. The molecular weight excluding hydrogens is 284 g/mol. The lowest BCUT2D eigenvalue weighted by Crippen LogP contribution is -2.43. The van der Waals surface area contributed by atoms with Crippen LogP contribution in [0.1, 0.15) is 15.9 Å². The minimum atomic E-state index is -0.0677. The van der Waals surface area contributed by atoms with E-state index >= 15 is 0 Å². The number of rotatable bonds is 4. The Morgan fingerprint density at radius 2 is 2.19 bits per heavy atom. The van der Waals surface area contributed by atoms with Crippen LogP contribution in [0, 0.1) is 6.92 Å². The summed E-state index contributed by atoms with van der Waals surface area (Å²) in [5, 5.41) is 2.86. The first-order valence-corrected chi connectivity index (χ1v) is 8.30. The van der Waals surface area contributed by atoms with Gasteiger partial charge in [0.1, 0.15) is 0 Å². The van der Waals surface area contributed by atoms with Gasteiger partial charge < -0.3 is 16.0 Å². The summed E-state index contributed by atoms with van der Waals surface area (Å²) in [6.45, 7) is 4.88. The van der Waals surface area contributed by atoms with Crippen molar-refractivity contribution in [2.45, 2.75) is 6.92 Å². The Bertz CT molecular complexity index is 512. The highest BCUT2D eigenvalue weighted by Gasteiger charge is 2.11. The third-order valence-corrected chi connectivity index (χ3v) is 4.23. The number of nitrogens with two attached hydrogens (primary N) is 1. The summed E-state index contributed by atoms with van der Waals surface area (Å²) in [4.78, 5) is 18.4. The van der Waals surface area contributed by atoms with Crippen molar-refractivity contribution in [2.75, 3.05) is 37.7 Å². The zero-order valence-corrected chi connectivity index (χ0v) is 13.2. The molecule has 0 atom stereocenters. The lowest BCUT2D eigenvalue weighted by atomic mass is 10.1. The van der Waals surface area contributed by atoms with Crippen LogP contribution in [0.15, 0.2) is 29.3 Å². The Labute approximate surface area is 130 Å². The third-order valence-electron chi connectivity index (χ3n) is 3.29. The fourth-order valence-electron chi connectivity index (χ4n) is 2.12. The second kappa shape index (κ2) is 7.93. The number of benzene rings is 1. The maximum absolute atomic E-state index is 11.9. The number of amides is 1. The van der Waals surface area contributed by atoms with Gasteiger partial charge in [-0.1, -0.05) is 17.7 Å². The molecule has 0 radical (unpaired) electrons. The van der Waals surface area contributed by atoms with Gasteiger partial charge >= 0.3 is 0 Å². The number of nitrogens with one attached hydrogen (secondary N) is 1. The van der Waals surface area contributed by atoms with E-state index < -0.39 is 0 Å².